The summed E-state index contributed by atoms with van der Waals surface area (Å²) in [5.41, 5.74) is 0. The summed E-state index contributed by atoms with van der Waals surface area (Å²) in [6.07, 6.45) is 19.5. The molecule has 2 saturated carbocycles. The van der Waals surface area contributed by atoms with E-state index in [1.165, 1.54) is 51.4 Å². The summed E-state index contributed by atoms with van der Waals surface area (Å²) in [5, 5.41) is 0. The fourth-order valence-electron chi connectivity index (χ4n) is 4.20. The standard InChI is InChI=1S/C18H32/c1-3-4-5-6-16-9-13-18(14-10-16)17-11-7-15(2)8-12-17/h3-4,15-18H,5-14H2,1-2H3. The molecule has 0 aliphatic heterocycles. The normalized spacial score (nSPS) is 38.1. The second kappa shape index (κ2) is 7.36. The molecule has 0 heterocycles. The summed E-state index contributed by atoms with van der Waals surface area (Å²) in [6.45, 7) is 4.58. The molecule has 0 radical (unpaired) electrons. The molecule has 2 aliphatic carbocycles. The van der Waals surface area contributed by atoms with Gasteiger partial charge in [-0.1, -0.05) is 44.8 Å². The first-order valence-corrected chi connectivity index (χ1v) is 8.40. The lowest BCUT2D eigenvalue weighted by Crippen LogP contribution is -2.25. The van der Waals surface area contributed by atoms with Gasteiger partial charge in [-0.05, 0) is 69.1 Å². The van der Waals surface area contributed by atoms with Gasteiger partial charge in [0.05, 0.1) is 0 Å². The maximum absolute atomic E-state index is 2.44. The highest BCUT2D eigenvalue weighted by Crippen LogP contribution is 2.42. The predicted molar refractivity (Wildman–Crippen MR) is 80.6 cm³/mol. The molecule has 2 rings (SSSR count). The van der Waals surface area contributed by atoms with Crippen LogP contribution >= 0.6 is 0 Å². The molecule has 0 bridgehead atoms. The Hall–Kier alpha value is -0.260. The van der Waals surface area contributed by atoms with E-state index in [-0.39, 0.29) is 0 Å². The van der Waals surface area contributed by atoms with Crippen molar-refractivity contribution in [2.24, 2.45) is 23.7 Å². The van der Waals surface area contributed by atoms with E-state index < -0.39 is 0 Å². The van der Waals surface area contributed by atoms with Crippen LogP contribution in [0.2, 0.25) is 0 Å². The highest BCUT2D eigenvalue weighted by molar-refractivity contribution is 4.83. The third kappa shape index (κ3) is 4.14. The van der Waals surface area contributed by atoms with Crippen LogP contribution in [-0.4, -0.2) is 0 Å². The van der Waals surface area contributed by atoms with Crippen molar-refractivity contribution in [2.75, 3.05) is 0 Å². The van der Waals surface area contributed by atoms with Crippen molar-refractivity contribution in [3.8, 4) is 0 Å². The Morgan fingerprint density at radius 1 is 0.833 bits per heavy atom. The number of hydrogen-bond acceptors (Lipinski definition) is 0. The first-order valence-electron chi connectivity index (χ1n) is 8.40. The molecule has 0 aromatic heterocycles. The third-order valence-electron chi connectivity index (χ3n) is 5.60. The molecule has 104 valence electrons. The Morgan fingerprint density at radius 3 is 1.94 bits per heavy atom. The maximum Gasteiger partial charge on any atom is -0.0348 e. The zero-order chi connectivity index (χ0) is 12.8. The lowest BCUT2D eigenvalue weighted by molar-refractivity contribution is 0.148. The summed E-state index contributed by atoms with van der Waals surface area (Å²) in [5.74, 6) is 4.24. The molecule has 0 saturated heterocycles. The van der Waals surface area contributed by atoms with Gasteiger partial charge in [-0.25, -0.2) is 0 Å². The Kier molecular flexibility index (Phi) is 5.79. The van der Waals surface area contributed by atoms with Crippen LogP contribution in [0.4, 0.5) is 0 Å². The van der Waals surface area contributed by atoms with Crippen LogP contribution in [0.1, 0.15) is 78.1 Å². The van der Waals surface area contributed by atoms with Crippen LogP contribution in [0.25, 0.3) is 0 Å². The van der Waals surface area contributed by atoms with Gasteiger partial charge in [0, 0.05) is 0 Å². The summed E-state index contributed by atoms with van der Waals surface area (Å²) >= 11 is 0. The highest BCUT2D eigenvalue weighted by Gasteiger charge is 2.29. The molecule has 0 aromatic rings. The minimum Gasteiger partial charge on any atom is -0.0917 e. The molecule has 0 atom stereocenters. The summed E-state index contributed by atoms with van der Waals surface area (Å²) < 4.78 is 0. The number of allylic oxidation sites excluding steroid dienone is 2. The van der Waals surface area contributed by atoms with E-state index in [2.05, 4.69) is 26.0 Å². The van der Waals surface area contributed by atoms with E-state index in [1.807, 2.05) is 0 Å². The Bertz CT molecular complexity index is 237. The number of hydrogen-bond donors (Lipinski definition) is 0. The van der Waals surface area contributed by atoms with Gasteiger partial charge >= 0.3 is 0 Å². The first-order chi connectivity index (χ1) is 8.79. The summed E-state index contributed by atoms with van der Waals surface area (Å²) in [6, 6.07) is 0. The Labute approximate surface area is 114 Å². The lowest BCUT2D eigenvalue weighted by Gasteiger charge is -2.37. The Balaban J connectivity index is 1.66. The molecule has 0 nitrogen and oxygen atoms in total. The van der Waals surface area contributed by atoms with Gasteiger partial charge in [0.2, 0.25) is 0 Å². The fourth-order valence-corrected chi connectivity index (χ4v) is 4.20. The number of rotatable bonds is 4. The molecule has 2 aliphatic rings. The van der Waals surface area contributed by atoms with Crippen LogP contribution in [0.3, 0.4) is 0 Å². The van der Waals surface area contributed by atoms with E-state index in [0.29, 0.717) is 0 Å². The van der Waals surface area contributed by atoms with Crippen LogP contribution in [0.5, 0.6) is 0 Å². The summed E-state index contributed by atoms with van der Waals surface area (Å²) in [4.78, 5) is 0. The SMILES string of the molecule is CC=CCCC1CCC(C2CCC(C)CC2)CC1. The summed E-state index contributed by atoms with van der Waals surface area (Å²) in [7, 11) is 0. The van der Waals surface area contributed by atoms with Crippen molar-refractivity contribution in [1.29, 1.82) is 0 Å². The average Bonchev–Trinajstić information content (AvgIpc) is 2.41. The Morgan fingerprint density at radius 2 is 1.39 bits per heavy atom. The molecular formula is C18H32. The van der Waals surface area contributed by atoms with Crippen molar-refractivity contribution >= 4 is 0 Å². The van der Waals surface area contributed by atoms with Gasteiger partial charge < -0.3 is 0 Å². The van der Waals surface area contributed by atoms with E-state index in [9.17, 15) is 0 Å². The monoisotopic (exact) mass is 248 g/mol. The van der Waals surface area contributed by atoms with E-state index in [1.54, 1.807) is 12.8 Å². The molecule has 0 N–H and O–H groups in total. The molecule has 0 spiro atoms. The minimum atomic E-state index is 1.01. The minimum absolute atomic E-state index is 1.01. The van der Waals surface area contributed by atoms with Crippen molar-refractivity contribution in [3.63, 3.8) is 0 Å². The van der Waals surface area contributed by atoms with Crippen molar-refractivity contribution in [2.45, 2.75) is 78.1 Å². The van der Waals surface area contributed by atoms with Gasteiger partial charge in [0.25, 0.3) is 0 Å². The van der Waals surface area contributed by atoms with Crippen LogP contribution in [0.15, 0.2) is 12.2 Å². The van der Waals surface area contributed by atoms with Gasteiger partial charge in [-0.2, -0.15) is 0 Å². The second-order valence-electron chi connectivity index (χ2n) is 6.95. The van der Waals surface area contributed by atoms with Gasteiger partial charge in [-0.15, -0.1) is 0 Å². The quantitative estimate of drug-likeness (QED) is 0.537. The topological polar surface area (TPSA) is 0 Å². The van der Waals surface area contributed by atoms with Crippen LogP contribution < -0.4 is 0 Å². The molecule has 2 fully saturated rings. The molecule has 18 heavy (non-hydrogen) atoms. The predicted octanol–water partition coefficient (Wildman–Crippen LogP) is 5.98. The second-order valence-corrected chi connectivity index (χ2v) is 6.95. The average molecular weight is 248 g/mol. The largest absolute Gasteiger partial charge is 0.0917 e. The first kappa shape index (κ1) is 14.2. The highest BCUT2D eigenvalue weighted by atomic mass is 14.3. The zero-order valence-corrected chi connectivity index (χ0v) is 12.5. The smallest absolute Gasteiger partial charge is 0.0348 e. The van der Waals surface area contributed by atoms with Crippen LogP contribution in [-0.2, 0) is 0 Å². The molecule has 0 amide bonds. The van der Waals surface area contributed by atoms with Gasteiger partial charge in [0.1, 0.15) is 0 Å². The zero-order valence-electron chi connectivity index (χ0n) is 12.5. The fraction of sp³-hybridized carbons (Fsp3) is 0.889. The van der Waals surface area contributed by atoms with E-state index >= 15 is 0 Å². The van der Waals surface area contributed by atoms with Crippen molar-refractivity contribution in [3.05, 3.63) is 12.2 Å². The maximum atomic E-state index is 2.44. The van der Waals surface area contributed by atoms with Gasteiger partial charge in [-0.3, -0.25) is 0 Å². The van der Waals surface area contributed by atoms with E-state index in [0.717, 1.165) is 23.7 Å². The lowest BCUT2D eigenvalue weighted by atomic mass is 9.69. The van der Waals surface area contributed by atoms with Crippen molar-refractivity contribution in [1.82, 2.24) is 0 Å². The molecular weight excluding hydrogens is 216 g/mol. The van der Waals surface area contributed by atoms with Crippen molar-refractivity contribution < 1.29 is 0 Å². The van der Waals surface area contributed by atoms with E-state index in [4.69, 9.17) is 0 Å². The molecule has 0 aromatic carbocycles. The third-order valence-corrected chi connectivity index (χ3v) is 5.60. The van der Waals surface area contributed by atoms with Gasteiger partial charge in [0.15, 0.2) is 0 Å². The van der Waals surface area contributed by atoms with Crippen LogP contribution in [0, 0.1) is 23.7 Å². The molecule has 0 heteroatoms. The molecule has 0 unspecified atom stereocenters.